The zero-order valence-corrected chi connectivity index (χ0v) is 18.0. The van der Waals surface area contributed by atoms with Gasteiger partial charge in [0.05, 0.1) is 21.0 Å². The summed E-state index contributed by atoms with van der Waals surface area (Å²) in [5.74, 6) is -0.102. The smallest absolute Gasteiger partial charge is 0.338 e. The number of aromatic nitrogens is 2. The number of benzene rings is 2. The van der Waals surface area contributed by atoms with E-state index in [1.807, 2.05) is 23.6 Å². The molecule has 0 fully saturated rings. The second kappa shape index (κ2) is 8.70. The maximum atomic E-state index is 12.8. The fourth-order valence-corrected chi connectivity index (χ4v) is 4.56. The molecule has 158 valence electrons. The van der Waals surface area contributed by atoms with Gasteiger partial charge in [-0.25, -0.2) is 13.2 Å². The number of ether oxygens (including phenoxy) is 1. The van der Waals surface area contributed by atoms with Crippen molar-refractivity contribution in [3.05, 3.63) is 83.6 Å². The van der Waals surface area contributed by atoms with Gasteiger partial charge in [-0.05, 0) is 47.8 Å². The van der Waals surface area contributed by atoms with Crippen LogP contribution in [0.3, 0.4) is 0 Å². The summed E-state index contributed by atoms with van der Waals surface area (Å²) in [4.78, 5) is 13.2. The van der Waals surface area contributed by atoms with Gasteiger partial charge in [-0.3, -0.25) is 4.31 Å². The van der Waals surface area contributed by atoms with Gasteiger partial charge in [0.1, 0.15) is 0 Å². The van der Waals surface area contributed by atoms with E-state index in [0.29, 0.717) is 11.6 Å². The van der Waals surface area contributed by atoms with E-state index in [-0.39, 0.29) is 23.0 Å². The largest absolute Gasteiger partial charge is 0.452 e. The summed E-state index contributed by atoms with van der Waals surface area (Å²) in [6.45, 7) is -0.187. The number of hydrogen-bond acceptors (Lipinski definition) is 8. The molecule has 10 heteroatoms. The molecule has 0 saturated heterocycles. The third-order valence-corrected chi connectivity index (χ3v) is 7.05. The summed E-state index contributed by atoms with van der Waals surface area (Å²) in [5, 5.41) is 9.67. The molecule has 2 aromatic heterocycles. The van der Waals surface area contributed by atoms with Crippen molar-refractivity contribution < 1.29 is 22.4 Å². The van der Waals surface area contributed by atoms with Crippen molar-refractivity contribution in [3.8, 4) is 10.8 Å². The molecule has 0 bridgehead atoms. The lowest BCUT2D eigenvalue weighted by Gasteiger charge is -2.19. The average Bonchev–Trinajstić information content (AvgIpc) is 3.49. The Labute approximate surface area is 182 Å². The van der Waals surface area contributed by atoms with Crippen LogP contribution in [0.1, 0.15) is 16.2 Å². The first-order chi connectivity index (χ1) is 14.9. The van der Waals surface area contributed by atoms with Crippen LogP contribution < -0.4 is 4.31 Å². The van der Waals surface area contributed by atoms with Gasteiger partial charge in [-0.2, -0.15) is 0 Å². The van der Waals surface area contributed by atoms with E-state index >= 15 is 0 Å². The highest BCUT2D eigenvalue weighted by atomic mass is 32.2. The Bertz CT molecular complexity index is 1270. The Morgan fingerprint density at radius 2 is 1.77 bits per heavy atom. The number of esters is 1. The number of thiophene rings is 1. The third-order valence-electron chi connectivity index (χ3n) is 4.39. The van der Waals surface area contributed by atoms with Crippen LogP contribution in [-0.4, -0.2) is 31.6 Å². The highest BCUT2D eigenvalue weighted by Gasteiger charge is 2.22. The first-order valence-electron chi connectivity index (χ1n) is 9.12. The summed E-state index contributed by atoms with van der Waals surface area (Å²) < 4.78 is 37.5. The van der Waals surface area contributed by atoms with E-state index in [0.717, 1.165) is 4.88 Å². The van der Waals surface area contributed by atoms with Crippen LogP contribution in [0, 0.1) is 0 Å². The van der Waals surface area contributed by atoms with Crippen LogP contribution in [-0.2, 0) is 21.4 Å². The minimum Gasteiger partial charge on any atom is -0.452 e. The predicted molar refractivity (Wildman–Crippen MR) is 115 cm³/mol. The van der Waals surface area contributed by atoms with Crippen LogP contribution >= 0.6 is 11.3 Å². The van der Waals surface area contributed by atoms with Crippen molar-refractivity contribution in [1.82, 2.24) is 10.2 Å². The lowest BCUT2D eigenvalue weighted by molar-refractivity contribution is 0.0438. The predicted octanol–water partition coefficient (Wildman–Crippen LogP) is 3.98. The molecule has 31 heavy (non-hydrogen) atoms. The number of carbonyl (C=O) groups is 1. The quantitative estimate of drug-likeness (QED) is 0.388. The first-order valence-corrected chi connectivity index (χ1v) is 11.4. The molecule has 0 aliphatic carbocycles. The van der Waals surface area contributed by atoms with Gasteiger partial charge in [-0.1, -0.05) is 24.3 Å². The van der Waals surface area contributed by atoms with Crippen molar-refractivity contribution in [3.63, 3.8) is 0 Å². The molecule has 4 aromatic rings. The van der Waals surface area contributed by atoms with E-state index in [9.17, 15) is 13.2 Å². The molecular weight excluding hydrogens is 438 g/mol. The zero-order valence-electron chi connectivity index (χ0n) is 16.3. The fourth-order valence-electron chi connectivity index (χ4n) is 2.72. The van der Waals surface area contributed by atoms with Gasteiger partial charge in [0.2, 0.25) is 0 Å². The van der Waals surface area contributed by atoms with Crippen LogP contribution in [0.4, 0.5) is 5.69 Å². The summed E-state index contributed by atoms with van der Waals surface area (Å²) in [5.41, 5.74) is 0.742. The van der Waals surface area contributed by atoms with Crippen LogP contribution in [0.15, 0.2) is 81.4 Å². The third kappa shape index (κ3) is 4.49. The standard InChI is InChI=1S/C21H17N3O5S2/c1-24(16-6-3-2-4-7-16)31(26,27)17-11-9-15(10-12-17)21(25)28-14-19-22-23-20(29-19)18-8-5-13-30-18/h2-13H,14H2,1H3. The van der Waals surface area contributed by atoms with E-state index in [1.54, 1.807) is 24.3 Å². The van der Waals surface area contributed by atoms with Crippen molar-refractivity contribution in [2.75, 3.05) is 11.4 Å². The van der Waals surface area contributed by atoms with E-state index in [1.165, 1.54) is 47.0 Å². The van der Waals surface area contributed by atoms with Crippen LogP contribution in [0.25, 0.3) is 10.8 Å². The van der Waals surface area contributed by atoms with Crippen molar-refractivity contribution >= 4 is 33.0 Å². The lowest BCUT2D eigenvalue weighted by Crippen LogP contribution is -2.26. The SMILES string of the molecule is CN(c1ccccc1)S(=O)(=O)c1ccc(C(=O)OCc2nnc(-c3cccs3)o2)cc1. The number of sulfonamides is 1. The Balaban J connectivity index is 1.41. The van der Waals surface area contributed by atoms with Crippen LogP contribution in [0.2, 0.25) is 0 Å². The fraction of sp³-hybridized carbons (Fsp3) is 0.0952. The maximum absolute atomic E-state index is 12.8. The van der Waals surface area contributed by atoms with Crippen molar-refractivity contribution in [2.45, 2.75) is 11.5 Å². The van der Waals surface area contributed by atoms with Gasteiger partial charge >= 0.3 is 5.97 Å². The molecule has 0 N–H and O–H groups in total. The number of nitrogens with zero attached hydrogens (tertiary/aromatic N) is 3. The normalized spacial score (nSPS) is 11.3. The molecular formula is C21H17N3O5S2. The molecule has 0 saturated carbocycles. The van der Waals surface area contributed by atoms with Crippen LogP contribution in [0.5, 0.6) is 0 Å². The van der Waals surface area contributed by atoms with E-state index in [4.69, 9.17) is 9.15 Å². The number of rotatable bonds is 7. The highest BCUT2D eigenvalue weighted by Crippen LogP contribution is 2.24. The minimum atomic E-state index is -3.76. The topological polar surface area (TPSA) is 103 Å². The number of para-hydroxylation sites is 1. The molecule has 0 spiro atoms. The number of anilines is 1. The van der Waals surface area contributed by atoms with Crippen molar-refractivity contribution in [1.29, 1.82) is 0 Å². The number of hydrogen-bond donors (Lipinski definition) is 0. The van der Waals surface area contributed by atoms with E-state index < -0.39 is 16.0 Å². The van der Waals surface area contributed by atoms with Crippen molar-refractivity contribution in [2.24, 2.45) is 0 Å². The summed E-state index contributed by atoms with van der Waals surface area (Å²) in [6, 6.07) is 18.0. The van der Waals surface area contributed by atoms with Gasteiger partial charge < -0.3 is 9.15 Å². The second-order valence-corrected chi connectivity index (χ2v) is 9.30. The molecule has 2 aromatic carbocycles. The Morgan fingerprint density at radius 1 is 1.03 bits per heavy atom. The van der Waals surface area contributed by atoms with E-state index in [2.05, 4.69) is 10.2 Å². The maximum Gasteiger partial charge on any atom is 0.338 e. The summed E-state index contributed by atoms with van der Waals surface area (Å²) >= 11 is 1.46. The zero-order chi connectivity index (χ0) is 21.8. The van der Waals surface area contributed by atoms with Gasteiger partial charge in [0.25, 0.3) is 21.8 Å². The molecule has 4 rings (SSSR count). The van der Waals surface area contributed by atoms with Gasteiger partial charge in [0.15, 0.2) is 6.61 Å². The average molecular weight is 456 g/mol. The first kappa shape index (κ1) is 20.8. The molecule has 8 nitrogen and oxygen atoms in total. The lowest BCUT2D eigenvalue weighted by atomic mass is 10.2. The molecule has 0 aliphatic rings. The molecule has 0 atom stereocenters. The molecule has 0 radical (unpaired) electrons. The van der Waals surface area contributed by atoms with Gasteiger partial charge in [0, 0.05) is 7.05 Å². The molecule has 2 heterocycles. The Hall–Kier alpha value is -3.50. The number of carbonyl (C=O) groups excluding carboxylic acids is 1. The Morgan fingerprint density at radius 3 is 2.45 bits per heavy atom. The summed E-state index contributed by atoms with van der Waals surface area (Å²) in [7, 11) is -2.29. The minimum absolute atomic E-state index is 0.0629. The highest BCUT2D eigenvalue weighted by molar-refractivity contribution is 7.92. The Kier molecular flexibility index (Phi) is 5.83. The summed E-state index contributed by atoms with van der Waals surface area (Å²) in [6.07, 6.45) is 0. The second-order valence-electron chi connectivity index (χ2n) is 6.39. The monoisotopic (exact) mass is 455 g/mol. The molecule has 0 amide bonds. The van der Waals surface area contributed by atoms with Gasteiger partial charge in [-0.15, -0.1) is 21.5 Å². The molecule has 0 aliphatic heterocycles. The molecule has 0 unspecified atom stereocenters.